The largest absolute Gasteiger partial charge is 0.469 e. The molecule has 0 radical (unpaired) electrons. The first kappa shape index (κ1) is 81.5. The molecule has 5 heterocycles. The number of hydrogen-bond donors (Lipinski definition) is 0. The molecule has 10 atom stereocenters. The first-order chi connectivity index (χ1) is 43.0. The van der Waals surface area contributed by atoms with Crippen LogP contribution in [0.2, 0.25) is 0 Å². The second-order valence-corrected chi connectivity index (χ2v) is 26.4. The smallest absolute Gasteiger partial charge is 0.305 e. The normalized spacial score (nSPS) is 22.6. The summed E-state index contributed by atoms with van der Waals surface area (Å²) in [5.41, 5.74) is 0. The number of carbonyl (C=O) groups excluding carboxylic acids is 4. The summed E-state index contributed by atoms with van der Waals surface area (Å²) in [5.74, 6) is 0.0728. The first-order valence-electron chi connectivity index (χ1n) is 37.3. The summed E-state index contributed by atoms with van der Waals surface area (Å²) in [7, 11) is 4.36. The summed E-state index contributed by atoms with van der Waals surface area (Å²) in [6.07, 6.45) is 73.7. The van der Waals surface area contributed by atoms with Crippen LogP contribution in [0.15, 0.2) is 24.3 Å². The highest BCUT2D eigenvalue weighted by Crippen LogP contribution is 2.39. The van der Waals surface area contributed by atoms with Crippen molar-refractivity contribution in [3.63, 3.8) is 0 Å². The number of methoxy groups -OCH3 is 3. The maximum Gasteiger partial charge on any atom is 0.305 e. The van der Waals surface area contributed by atoms with E-state index in [0.717, 1.165) is 70.6 Å². The molecule has 0 aliphatic carbocycles. The summed E-state index contributed by atoms with van der Waals surface area (Å²) in [4.78, 5) is 43.7. The minimum absolute atomic E-state index is 0.0797. The van der Waals surface area contributed by atoms with Gasteiger partial charge in [0.25, 0.3) is 0 Å². The topological polar surface area (TPSA) is 159 Å². The molecule has 5 fully saturated rings. The van der Waals surface area contributed by atoms with Gasteiger partial charge in [0.15, 0.2) is 0 Å². The average Bonchev–Trinajstić information content (AvgIpc) is 3.02. The third-order valence-electron chi connectivity index (χ3n) is 18.2. The zero-order valence-electron chi connectivity index (χ0n) is 58.3. The highest BCUT2D eigenvalue weighted by atomic mass is 16.6. The van der Waals surface area contributed by atoms with Crippen molar-refractivity contribution in [1.29, 1.82) is 0 Å². The van der Waals surface area contributed by atoms with Crippen LogP contribution in [0, 0.1) is 0 Å². The van der Waals surface area contributed by atoms with Crippen molar-refractivity contribution in [3.8, 4) is 0 Å². The van der Waals surface area contributed by atoms with E-state index in [-0.39, 0.29) is 17.9 Å². The molecule has 0 aromatic carbocycles. The van der Waals surface area contributed by atoms with Crippen molar-refractivity contribution in [3.05, 3.63) is 24.3 Å². The average molecular weight is 1240 g/mol. The minimum atomic E-state index is -0.0861. The van der Waals surface area contributed by atoms with E-state index in [9.17, 15) is 19.2 Å². The van der Waals surface area contributed by atoms with Crippen LogP contribution in [0.1, 0.15) is 356 Å². The van der Waals surface area contributed by atoms with Crippen LogP contribution < -0.4 is 0 Å². The number of allylic oxidation sites excluding steroid dienone is 2. The summed E-state index contributed by atoms with van der Waals surface area (Å²) in [6.45, 7) is 10.7. The van der Waals surface area contributed by atoms with E-state index < -0.39 is 0 Å². The molecule has 514 valence electrons. The van der Waals surface area contributed by atoms with E-state index in [4.69, 9.17) is 23.7 Å². The van der Waals surface area contributed by atoms with E-state index in [1.54, 1.807) is 6.92 Å². The maximum absolute atomic E-state index is 11.0. The Morgan fingerprint density at radius 3 is 0.875 bits per heavy atom. The van der Waals surface area contributed by atoms with Crippen molar-refractivity contribution >= 4 is 23.7 Å². The van der Waals surface area contributed by atoms with E-state index in [2.05, 4.69) is 66.2 Å². The molecule has 12 heteroatoms. The van der Waals surface area contributed by atoms with Gasteiger partial charge in [-0.25, -0.2) is 0 Å². The molecule has 0 saturated carbocycles. The predicted octanol–water partition coefficient (Wildman–Crippen LogP) is 20.6. The van der Waals surface area contributed by atoms with Crippen LogP contribution in [0.3, 0.4) is 0 Å². The molecule has 5 aliphatic rings. The molecule has 0 aromatic rings. The minimum Gasteiger partial charge on any atom is -0.469 e. The number of unbranched alkanes of at least 4 members (excludes halogenated alkanes) is 29. The summed E-state index contributed by atoms with van der Waals surface area (Å²) in [6, 6.07) is 0. The quantitative estimate of drug-likeness (QED) is 0.0187. The fraction of sp³-hybridized carbons (Fsp3) is 0.895. The highest BCUT2D eigenvalue weighted by molar-refractivity contribution is 5.75. The molecule has 0 bridgehead atoms. The lowest BCUT2D eigenvalue weighted by Gasteiger charge is -2.01. The summed E-state index contributed by atoms with van der Waals surface area (Å²) in [5, 5.41) is 0. The van der Waals surface area contributed by atoms with Gasteiger partial charge >= 0.3 is 17.9 Å². The fourth-order valence-corrected chi connectivity index (χ4v) is 11.9. The second kappa shape index (κ2) is 57.1. The van der Waals surface area contributed by atoms with Gasteiger partial charge in [0.05, 0.1) is 82.4 Å². The standard InChI is InChI=1S/2C19H34O3.C19H36O3.C19H34O3/c1-3-4-8-12-16-18(21-16)14-19-17(22-19)13-10-7-5-6-9-11-15(2)20;1-3-4-11-14-17-18(22-17)15-12-9-7-5-6-8-10-13-16-19(20)21-2;2*1-3-4-5-6-8-11-14-17-18(22-17)15-12-9-7-10-13-16-19(20)21-2/h16-19H,3-14H2,1-2H3;9,12,17-18H,3-8,10-11,13-16H2,1-2H3;17-18H,3-16H2,1-2H3;8,11,17-18H,3-7,9-10,12-16H2,1-2H3/b;12-9+;;11-8+. The Kier molecular flexibility index (Phi) is 52.8. The zero-order valence-corrected chi connectivity index (χ0v) is 58.3. The molecule has 0 spiro atoms. The van der Waals surface area contributed by atoms with Crippen LogP contribution in [0.5, 0.6) is 0 Å². The lowest BCUT2D eigenvalue weighted by molar-refractivity contribution is -0.141. The Labute approximate surface area is 540 Å². The highest BCUT2D eigenvalue weighted by Gasteiger charge is 2.47. The van der Waals surface area contributed by atoms with Crippen LogP contribution in [0.4, 0.5) is 0 Å². The lowest BCUT2D eigenvalue weighted by atomic mass is 10.0. The van der Waals surface area contributed by atoms with E-state index in [0.29, 0.717) is 86.1 Å². The van der Waals surface area contributed by atoms with Crippen molar-refractivity contribution in [1.82, 2.24) is 0 Å². The Hall–Kier alpha value is -2.64. The Balaban J connectivity index is 0.000000400. The van der Waals surface area contributed by atoms with Crippen LogP contribution in [0.25, 0.3) is 0 Å². The number of epoxide rings is 5. The number of esters is 3. The lowest BCUT2D eigenvalue weighted by Crippen LogP contribution is -2.02. The maximum atomic E-state index is 11.0. The molecular weight excluding hydrogens is 1100 g/mol. The monoisotopic (exact) mass is 1240 g/mol. The molecule has 12 nitrogen and oxygen atoms in total. The van der Waals surface area contributed by atoms with Gasteiger partial charge in [0, 0.05) is 32.1 Å². The molecular formula is C76H138O12. The van der Waals surface area contributed by atoms with E-state index in [1.165, 1.54) is 252 Å². The molecule has 0 aromatic heterocycles. The number of rotatable bonds is 57. The van der Waals surface area contributed by atoms with Gasteiger partial charge < -0.3 is 42.7 Å². The van der Waals surface area contributed by atoms with E-state index in [1.807, 2.05) is 0 Å². The number of ether oxygens (including phenoxy) is 8. The van der Waals surface area contributed by atoms with Crippen molar-refractivity contribution in [2.24, 2.45) is 0 Å². The van der Waals surface area contributed by atoms with Crippen LogP contribution in [-0.2, 0) is 57.1 Å². The molecule has 5 saturated heterocycles. The SMILES string of the molecule is CCCCC/C=C/CC1OC1CCCCCCCC(=O)OC.CCCCCC1OC1C/C=C/CCCCCCCC(=O)OC.CCCCCC1OC1CC1OC1CCCCCCCC(C)=O.CCCCCCCCC1OC1CCCCCCCC(=O)OC. The summed E-state index contributed by atoms with van der Waals surface area (Å²) >= 11 is 0. The van der Waals surface area contributed by atoms with Crippen molar-refractivity contribution in [2.75, 3.05) is 21.3 Å². The Morgan fingerprint density at radius 2 is 0.523 bits per heavy atom. The predicted molar refractivity (Wildman–Crippen MR) is 362 cm³/mol. The number of carbonyl (C=O) groups is 4. The van der Waals surface area contributed by atoms with Crippen LogP contribution >= 0.6 is 0 Å². The van der Waals surface area contributed by atoms with Crippen molar-refractivity contribution in [2.45, 2.75) is 417 Å². The molecule has 0 N–H and O–H groups in total. The molecule has 5 rings (SSSR count). The van der Waals surface area contributed by atoms with Crippen molar-refractivity contribution < 1.29 is 57.1 Å². The first-order valence-corrected chi connectivity index (χ1v) is 37.3. The van der Waals surface area contributed by atoms with Gasteiger partial charge in [-0.15, -0.1) is 0 Å². The van der Waals surface area contributed by atoms with Gasteiger partial charge in [-0.2, -0.15) is 0 Å². The summed E-state index contributed by atoms with van der Waals surface area (Å²) < 4.78 is 42.5. The van der Waals surface area contributed by atoms with Crippen LogP contribution in [-0.4, -0.2) is 106 Å². The number of ketones is 1. The molecule has 10 unspecified atom stereocenters. The molecule has 0 amide bonds. The van der Waals surface area contributed by atoms with Gasteiger partial charge in [-0.3, -0.25) is 14.4 Å². The Morgan fingerprint density at radius 1 is 0.284 bits per heavy atom. The zero-order chi connectivity index (χ0) is 63.9. The third-order valence-corrected chi connectivity index (χ3v) is 18.2. The Bertz CT molecular complexity index is 1720. The van der Waals surface area contributed by atoms with Gasteiger partial charge in [-0.05, 0) is 110 Å². The second-order valence-electron chi connectivity index (χ2n) is 26.4. The molecule has 88 heavy (non-hydrogen) atoms. The third kappa shape index (κ3) is 50.0. The van der Waals surface area contributed by atoms with E-state index >= 15 is 0 Å². The van der Waals surface area contributed by atoms with Gasteiger partial charge in [0.1, 0.15) is 5.78 Å². The molecule has 5 aliphatic heterocycles. The number of hydrogen-bond acceptors (Lipinski definition) is 12. The van der Waals surface area contributed by atoms with Gasteiger partial charge in [0.2, 0.25) is 0 Å². The fourth-order valence-electron chi connectivity index (χ4n) is 11.9. The van der Waals surface area contributed by atoms with Gasteiger partial charge in [-0.1, -0.05) is 238 Å². The number of Topliss-reactive ketones (excluding diaryl/α,β-unsaturated/α-hetero) is 1.